The monoisotopic (exact) mass is 582 g/mol. The van der Waals surface area contributed by atoms with Gasteiger partial charge in [0.1, 0.15) is 12.4 Å². The van der Waals surface area contributed by atoms with Crippen LogP contribution in [0.25, 0.3) is 10.8 Å². The van der Waals surface area contributed by atoms with Crippen molar-refractivity contribution in [3.8, 4) is 17.2 Å². The highest BCUT2D eigenvalue weighted by molar-refractivity contribution is 9.11. The fourth-order valence-corrected chi connectivity index (χ4v) is 5.16. The minimum absolute atomic E-state index is 0.0359. The van der Waals surface area contributed by atoms with Crippen LogP contribution in [0.2, 0.25) is 0 Å². The lowest BCUT2D eigenvalue weighted by Crippen LogP contribution is -2.42. The highest BCUT2D eigenvalue weighted by Gasteiger charge is 2.27. The van der Waals surface area contributed by atoms with E-state index in [0.29, 0.717) is 30.5 Å². The molecule has 1 aliphatic heterocycles. The molecule has 0 saturated heterocycles. The third-order valence-electron chi connectivity index (χ3n) is 4.31. The number of rotatable bonds is 3. The van der Waals surface area contributed by atoms with Crippen LogP contribution in [0.1, 0.15) is 5.56 Å². The summed E-state index contributed by atoms with van der Waals surface area (Å²) in [6, 6.07) is 13.3. The number of amides is 1. The van der Waals surface area contributed by atoms with Gasteiger partial charge >= 0.3 is 0 Å². The number of carbonyl (C=O) groups is 1. The van der Waals surface area contributed by atoms with Crippen LogP contribution in [0.15, 0.2) is 61.0 Å². The van der Waals surface area contributed by atoms with Crippen molar-refractivity contribution in [1.82, 2.24) is 5.43 Å². The molecule has 2 N–H and O–H groups in total. The van der Waals surface area contributed by atoms with Crippen LogP contribution in [0, 0.1) is 0 Å². The SMILES string of the molecule is O=C(N/N=C/c1c(Br)cc(Br)c(O)c1Br)[C@H]1COc2cc3ccccc3cc2O1. The summed E-state index contributed by atoms with van der Waals surface area (Å²) in [5.41, 5.74) is 3.02. The van der Waals surface area contributed by atoms with Crippen molar-refractivity contribution in [1.29, 1.82) is 0 Å². The van der Waals surface area contributed by atoms with Crippen LogP contribution < -0.4 is 14.9 Å². The van der Waals surface area contributed by atoms with Crippen molar-refractivity contribution >= 4 is 70.7 Å². The molecule has 4 rings (SSSR count). The van der Waals surface area contributed by atoms with E-state index >= 15 is 0 Å². The fraction of sp³-hybridized carbons (Fsp3) is 0.100. The van der Waals surface area contributed by atoms with Gasteiger partial charge in [0.2, 0.25) is 6.10 Å². The van der Waals surface area contributed by atoms with Gasteiger partial charge in [0.15, 0.2) is 11.5 Å². The molecule has 1 aliphatic rings. The second-order valence-electron chi connectivity index (χ2n) is 6.21. The fourth-order valence-electron chi connectivity index (χ4n) is 2.83. The maximum atomic E-state index is 12.4. The van der Waals surface area contributed by atoms with E-state index in [0.717, 1.165) is 10.8 Å². The zero-order chi connectivity index (χ0) is 20.5. The van der Waals surface area contributed by atoms with Crippen molar-refractivity contribution in [2.45, 2.75) is 6.10 Å². The van der Waals surface area contributed by atoms with Gasteiger partial charge in [0.05, 0.1) is 15.2 Å². The molecule has 1 amide bonds. The van der Waals surface area contributed by atoms with E-state index in [4.69, 9.17) is 9.47 Å². The number of ether oxygens (including phenoxy) is 2. The van der Waals surface area contributed by atoms with Crippen LogP contribution in [-0.4, -0.2) is 29.9 Å². The first-order valence-electron chi connectivity index (χ1n) is 8.45. The number of halogens is 3. The molecule has 9 heteroatoms. The molecule has 0 aromatic heterocycles. The standard InChI is InChI=1S/C20H13Br3N2O4/c21-13-7-14(22)19(26)18(23)12(13)8-24-25-20(27)17-9-28-15-5-10-3-1-2-4-11(10)6-16(15)29-17/h1-8,17,26H,9H2,(H,25,27)/b24-8+/t17-/m1/s1. The number of aromatic hydroxyl groups is 1. The molecule has 148 valence electrons. The average molecular weight is 585 g/mol. The quantitative estimate of drug-likeness (QED) is 0.331. The Balaban J connectivity index is 1.47. The number of fused-ring (bicyclic) bond motifs is 2. The lowest BCUT2D eigenvalue weighted by molar-refractivity contribution is -0.130. The van der Waals surface area contributed by atoms with Crippen molar-refractivity contribution in [2.75, 3.05) is 6.61 Å². The number of nitrogens with one attached hydrogen (secondary N) is 1. The molecule has 3 aromatic rings. The molecule has 29 heavy (non-hydrogen) atoms. The molecular weight excluding hydrogens is 572 g/mol. The molecule has 1 atom stereocenters. The van der Waals surface area contributed by atoms with Crippen molar-refractivity contribution < 1.29 is 19.4 Å². The smallest absolute Gasteiger partial charge is 0.284 e. The number of hydrogen-bond acceptors (Lipinski definition) is 5. The first kappa shape index (κ1) is 20.2. The first-order chi connectivity index (χ1) is 13.9. The molecule has 1 heterocycles. The molecule has 0 spiro atoms. The van der Waals surface area contributed by atoms with Crippen molar-refractivity contribution in [2.24, 2.45) is 5.10 Å². The Morgan fingerprint density at radius 3 is 2.52 bits per heavy atom. The Morgan fingerprint density at radius 2 is 1.79 bits per heavy atom. The second-order valence-corrected chi connectivity index (χ2v) is 8.72. The van der Waals surface area contributed by atoms with Crippen LogP contribution in [0.5, 0.6) is 17.2 Å². The van der Waals surface area contributed by atoms with Gasteiger partial charge in [0.25, 0.3) is 5.91 Å². The normalized spacial score (nSPS) is 15.6. The minimum atomic E-state index is -0.828. The molecule has 0 bridgehead atoms. The number of phenolic OH excluding ortho intramolecular Hbond substituents is 1. The highest BCUT2D eigenvalue weighted by atomic mass is 79.9. The Hall–Kier alpha value is -2.10. The summed E-state index contributed by atoms with van der Waals surface area (Å²) in [5.74, 6) is 0.722. The highest BCUT2D eigenvalue weighted by Crippen LogP contribution is 2.38. The summed E-state index contributed by atoms with van der Waals surface area (Å²) >= 11 is 9.95. The van der Waals surface area contributed by atoms with E-state index in [-0.39, 0.29) is 12.4 Å². The average Bonchev–Trinajstić information content (AvgIpc) is 2.72. The number of phenols is 1. The van der Waals surface area contributed by atoms with Gasteiger partial charge in [-0.15, -0.1) is 0 Å². The molecule has 0 aliphatic carbocycles. The van der Waals surface area contributed by atoms with E-state index in [1.54, 1.807) is 6.07 Å². The summed E-state index contributed by atoms with van der Waals surface area (Å²) in [6.45, 7) is 0.0825. The summed E-state index contributed by atoms with van der Waals surface area (Å²) in [7, 11) is 0. The number of hydrogen-bond donors (Lipinski definition) is 2. The summed E-state index contributed by atoms with van der Waals surface area (Å²) in [4.78, 5) is 12.4. The van der Waals surface area contributed by atoms with Crippen LogP contribution >= 0.6 is 47.8 Å². The zero-order valence-corrected chi connectivity index (χ0v) is 19.4. The predicted molar refractivity (Wildman–Crippen MR) is 121 cm³/mol. The van der Waals surface area contributed by atoms with E-state index < -0.39 is 12.0 Å². The lowest BCUT2D eigenvalue weighted by Gasteiger charge is -2.25. The molecule has 6 nitrogen and oxygen atoms in total. The Bertz CT molecular complexity index is 1150. The minimum Gasteiger partial charge on any atom is -0.506 e. The third-order valence-corrected chi connectivity index (χ3v) is 6.38. The van der Waals surface area contributed by atoms with E-state index in [1.165, 1.54) is 6.21 Å². The van der Waals surface area contributed by atoms with Gasteiger partial charge < -0.3 is 14.6 Å². The van der Waals surface area contributed by atoms with E-state index in [9.17, 15) is 9.90 Å². The van der Waals surface area contributed by atoms with Crippen LogP contribution in [-0.2, 0) is 4.79 Å². The van der Waals surface area contributed by atoms with Gasteiger partial charge in [-0.3, -0.25) is 4.79 Å². The molecule has 0 saturated carbocycles. The van der Waals surface area contributed by atoms with Crippen LogP contribution in [0.3, 0.4) is 0 Å². The zero-order valence-electron chi connectivity index (χ0n) is 14.7. The Labute approximate surface area is 191 Å². The predicted octanol–water partition coefficient (Wildman–Crippen LogP) is 5.12. The summed E-state index contributed by atoms with van der Waals surface area (Å²) < 4.78 is 13.2. The van der Waals surface area contributed by atoms with Gasteiger partial charge in [-0.1, -0.05) is 40.2 Å². The van der Waals surface area contributed by atoms with Crippen LogP contribution in [0.4, 0.5) is 0 Å². The van der Waals surface area contributed by atoms with E-state index in [1.807, 2.05) is 36.4 Å². The maximum absolute atomic E-state index is 12.4. The molecule has 0 radical (unpaired) electrons. The lowest BCUT2D eigenvalue weighted by atomic mass is 10.1. The van der Waals surface area contributed by atoms with E-state index in [2.05, 4.69) is 58.3 Å². The summed E-state index contributed by atoms with van der Waals surface area (Å²) in [5, 5.41) is 16.0. The Morgan fingerprint density at radius 1 is 1.10 bits per heavy atom. The van der Waals surface area contributed by atoms with Gasteiger partial charge in [-0.2, -0.15) is 5.10 Å². The largest absolute Gasteiger partial charge is 0.506 e. The number of carbonyl (C=O) groups excluding carboxylic acids is 1. The third kappa shape index (κ3) is 4.12. The van der Waals surface area contributed by atoms with Gasteiger partial charge in [-0.25, -0.2) is 5.43 Å². The molecule has 0 unspecified atom stereocenters. The molecule has 0 fully saturated rings. The number of nitrogens with zero attached hydrogens (tertiary/aromatic N) is 1. The molecule has 3 aromatic carbocycles. The van der Waals surface area contributed by atoms with Gasteiger partial charge in [0, 0.05) is 10.0 Å². The Kier molecular flexibility index (Phi) is 5.80. The first-order valence-corrected chi connectivity index (χ1v) is 10.8. The molecular formula is C20H13Br3N2O4. The van der Waals surface area contributed by atoms with Crippen molar-refractivity contribution in [3.05, 3.63) is 61.4 Å². The second kappa shape index (κ2) is 8.33. The number of hydrazone groups is 1. The topological polar surface area (TPSA) is 80.2 Å². The summed E-state index contributed by atoms with van der Waals surface area (Å²) in [6.07, 6.45) is 0.592. The van der Waals surface area contributed by atoms with Gasteiger partial charge in [-0.05, 0) is 60.8 Å². The maximum Gasteiger partial charge on any atom is 0.284 e. The van der Waals surface area contributed by atoms with Crippen molar-refractivity contribution in [3.63, 3.8) is 0 Å². The number of benzene rings is 3.